The number of carboxylic acid groups (broad SMARTS) is 1. The van der Waals surface area contributed by atoms with E-state index in [0.29, 0.717) is 0 Å². The third-order valence-electron chi connectivity index (χ3n) is 3.12. The van der Waals surface area contributed by atoms with Crippen molar-refractivity contribution in [3.8, 4) is 0 Å². The molecule has 1 rings (SSSR count). The number of quaternary nitrogens is 1. The van der Waals surface area contributed by atoms with Crippen LogP contribution < -0.4 is 0 Å². The van der Waals surface area contributed by atoms with Crippen LogP contribution in [0.5, 0.6) is 0 Å². The van der Waals surface area contributed by atoms with Gasteiger partial charge in [-0.2, -0.15) is 0 Å². The predicted octanol–water partition coefficient (Wildman–Crippen LogP) is -1.09. The third kappa shape index (κ3) is 1.87. The number of aliphatic carboxylic acids is 1. The molecular formula is C11H18NO5+. The summed E-state index contributed by atoms with van der Waals surface area (Å²) >= 11 is 0. The fourth-order valence-electron chi connectivity index (χ4n) is 2.18. The van der Waals surface area contributed by atoms with Gasteiger partial charge in [0.1, 0.15) is 12.6 Å². The van der Waals surface area contributed by atoms with Gasteiger partial charge in [0.05, 0.1) is 27.1 Å². The second-order valence-corrected chi connectivity index (χ2v) is 5.55. The minimum atomic E-state index is -2.25. The van der Waals surface area contributed by atoms with Crippen molar-refractivity contribution in [1.29, 1.82) is 0 Å². The number of rotatable bonds is 4. The van der Waals surface area contributed by atoms with Crippen molar-refractivity contribution in [2.24, 2.45) is 11.3 Å². The summed E-state index contributed by atoms with van der Waals surface area (Å²) in [6, 6.07) is 0. The maximum atomic E-state index is 11.7. The van der Waals surface area contributed by atoms with E-state index in [4.69, 9.17) is 5.11 Å². The summed E-state index contributed by atoms with van der Waals surface area (Å²) in [6.45, 7) is 1.39. The zero-order chi connectivity index (χ0) is 13.6. The molecule has 0 spiro atoms. The Labute approximate surface area is 99.4 Å². The van der Waals surface area contributed by atoms with Crippen molar-refractivity contribution in [3.63, 3.8) is 0 Å². The molecular weight excluding hydrogens is 226 g/mol. The van der Waals surface area contributed by atoms with Crippen LogP contribution in [-0.4, -0.2) is 66.0 Å². The lowest BCUT2D eigenvalue weighted by molar-refractivity contribution is -0.874. The van der Waals surface area contributed by atoms with Crippen molar-refractivity contribution < 1.29 is 29.1 Å². The molecule has 2 N–H and O–H groups in total. The molecule has 6 nitrogen and oxygen atoms in total. The highest BCUT2D eigenvalue weighted by atomic mass is 16.4. The van der Waals surface area contributed by atoms with Crippen molar-refractivity contribution in [3.05, 3.63) is 0 Å². The standard InChI is InChI=1S/C11H17NO5/c1-6-8(14)11(9(6)15,10(16)17)7(13)5-12(2,3)4/h6-7,13H,5H2,1-4H3/p+1. The number of carboxylic acids is 1. The summed E-state index contributed by atoms with van der Waals surface area (Å²) in [5, 5.41) is 19.0. The summed E-state index contributed by atoms with van der Waals surface area (Å²) < 4.78 is 0.269. The zero-order valence-electron chi connectivity index (χ0n) is 10.4. The topological polar surface area (TPSA) is 91.7 Å². The van der Waals surface area contributed by atoms with E-state index in [-0.39, 0.29) is 11.0 Å². The number of hydrogen-bond acceptors (Lipinski definition) is 4. The summed E-state index contributed by atoms with van der Waals surface area (Å²) in [7, 11) is 5.24. The maximum Gasteiger partial charge on any atom is 0.327 e. The fraction of sp³-hybridized carbons (Fsp3) is 0.727. The summed E-state index contributed by atoms with van der Waals surface area (Å²) in [4.78, 5) is 34.6. The number of ketones is 2. The number of hydrogen-bond donors (Lipinski definition) is 2. The predicted molar refractivity (Wildman–Crippen MR) is 58.2 cm³/mol. The molecule has 0 aromatic heterocycles. The maximum absolute atomic E-state index is 11.7. The molecule has 0 amide bonds. The Hall–Kier alpha value is -1.27. The SMILES string of the molecule is CC1C(=O)C(C(=O)O)(C(O)C[N+](C)(C)C)C1=O. The van der Waals surface area contributed by atoms with Crippen LogP contribution >= 0.6 is 0 Å². The molecule has 1 atom stereocenters. The van der Waals surface area contributed by atoms with Gasteiger partial charge in [0.2, 0.25) is 5.41 Å². The minimum absolute atomic E-state index is 0.0243. The molecule has 0 saturated heterocycles. The van der Waals surface area contributed by atoms with Gasteiger partial charge >= 0.3 is 5.97 Å². The molecule has 0 aromatic carbocycles. The second-order valence-electron chi connectivity index (χ2n) is 5.55. The highest BCUT2D eigenvalue weighted by molar-refractivity contribution is 6.37. The largest absolute Gasteiger partial charge is 0.480 e. The second kappa shape index (κ2) is 3.89. The Bertz CT molecular complexity index is 366. The molecule has 0 radical (unpaired) electrons. The molecule has 6 heteroatoms. The Balaban J connectivity index is 3.08. The number of nitrogens with zero attached hydrogens (tertiary/aromatic N) is 1. The van der Waals surface area contributed by atoms with Crippen molar-refractivity contribution in [2.75, 3.05) is 27.7 Å². The van der Waals surface area contributed by atoms with Crippen LogP contribution in [0.4, 0.5) is 0 Å². The Morgan fingerprint density at radius 2 is 1.76 bits per heavy atom. The number of carbonyl (C=O) groups is 3. The van der Waals surface area contributed by atoms with Gasteiger partial charge in [0.25, 0.3) is 0 Å². The molecule has 96 valence electrons. The molecule has 0 heterocycles. The quantitative estimate of drug-likeness (QED) is 0.484. The van der Waals surface area contributed by atoms with Gasteiger partial charge in [0, 0.05) is 0 Å². The first-order valence-electron chi connectivity index (χ1n) is 5.35. The van der Waals surface area contributed by atoms with Crippen LogP contribution in [-0.2, 0) is 14.4 Å². The van der Waals surface area contributed by atoms with Gasteiger partial charge in [-0.3, -0.25) is 14.4 Å². The monoisotopic (exact) mass is 244 g/mol. The molecule has 17 heavy (non-hydrogen) atoms. The summed E-state index contributed by atoms with van der Waals surface area (Å²) in [5.41, 5.74) is -2.25. The Morgan fingerprint density at radius 1 is 1.35 bits per heavy atom. The van der Waals surface area contributed by atoms with Crippen molar-refractivity contribution in [1.82, 2.24) is 0 Å². The Kier molecular flexibility index (Phi) is 3.15. The van der Waals surface area contributed by atoms with E-state index in [9.17, 15) is 19.5 Å². The Morgan fingerprint density at radius 3 is 2.06 bits per heavy atom. The molecule has 0 aromatic rings. The normalized spacial score (nSPS) is 31.0. The van der Waals surface area contributed by atoms with Crippen LogP contribution in [0.25, 0.3) is 0 Å². The highest BCUT2D eigenvalue weighted by Gasteiger charge is 2.70. The third-order valence-corrected chi connectivity index (χ3v) is 3.12. The average Bonchev–Trinajstić information content (AvgIpc) is 2.14. The van der Waals surface area contributed by atoms with E-state index in [0.717, 1.165) is 0 Å². The van der Waals surface area contributed by atoms with Gasteiger partial charge < -0.3 is 14.7 Å². The highest BCUT2D eigenvalue weighted by Crippen LogP contribution is 2.41. The van der Waals surface area contributed by atoms with E-state index in [1.54, 1.807) is 21.1 Å². The van der Waals surface area contributed by atoms with Gasteiger partial charge in [-0.05, 0) is 6.92 Å². The summed E-state index contributed by atoms with van der Waals surface area (Å²) in [5.74, 6) is -3.87. The lowest BCUT2D eigenvalue weighted by atomic mass is 9.57. The molecule has 1 saturated carbocycles. The van der Waals surface area contributed by atoms with E-state index >= 15 is 0 Å². The number of Topliss-reactive ketones (excluding diaryl/α,β-unsaturated/α-hetero) is 2. The fourth-order valence-corrected chi connectivity index (χ4v) is 2.18. The number of aliphatic hydroxyl groups excluding tert-OH is 1. The first kappa shape index (κ1) is 13.8. The van der Waals surface area contributed by atoms with Crippen LogP contribution in [0, 0.1) is 11.3 Å². The van der Waals surface area contributed by atoms with E-state index in [1.165, 1.54) is 6.92 Å². The average molecular weight is 244 g/mol. The number of likely N-dealkylation sites (N-methyl/N-ethyl adjacent to an activating group) is 1. The number of aliphatic hydroxyl groups is 1. The lowest BCUT2D eigenvalue weighted by Gasteiger charge is -2.43. The molecule has 1 fully saturated rings. The van der Waals surface area contributed by atoms with Gasteiger partial charge in [-0.25, -0.2) is 0 Å². The van der Waals surface area contributed by atoms with Crippen LogP contribution in [0.2, 0.25) is 0 Å². The molecule has 1 unspecified atom stereocenters. The lowest BCUT2D eigenvalue weighted by Crippen LogP contribution is -2.70. The molecule has 0 aliphatic heterocycles. The van der Waals surface area contributed by atoms with Crippen LogP contribution in [0.1, 0.15) is 6.92 Å². The first-order valence-corrected chi connectivity index (χ1v) is 5.35. The van der Waals surface area contributed by atoms with Crippen LogP contribution in [0.15, 0.2) is 0 Å². The van der Waals surface area contributed by atoms with Crippen molar-refractivity contribution in [2.45, 2.75) is 13.0 Å². The summed E-state index contributed by atoms with van der Waals surface area (Å²) in [6.07, 6.45) is -1.49. The molecule has 0 bridgehead atoms. The molecule has 1 aliphatic rings. The van der Waals surface area contributed by atoms with Gasteiger partial charge in [0.15, 0.2) is 11.6 Å². The van der Waals surface area contributed by atoms with Gasteiger partial charge in [-0.1, -0.05) is 0 Å². The smallest absolute Gasteiger partial charge is 0.327 e. The zero-order valence-corrected chi connectivity index (χ0v) is 10.4. The number of carbonyl (C=O) groups excluding carboxylic acids is 2. The van der Waals surface area contributed by atoms with E-state index < -0.39 is 35.0 Å². The van der Waals surface area contributed by atoms with E-state index in [1.807, 2.05) is 0 Å². The first-order chi connectivity index (χ1) is 7.55. The van der Waals surface area contributed by atoms with Crippen molar-refractivity contribution >= 4 is 17.5 Å². The van der Waals surface area contributed by atoms with Gasteiger partial charge in [-0.15, -0.1) is 0 Å². The van der Waals surface area contributed by atoms with Crippen LogP contribution in [0.3, 0.4) is 0 Å². The molecule has 1 aliphatic carbocycles. The minimum Gasteiger partial charge on any atom is -0.480 e. The van der Waals surface area contributed by atoms with E-state index in [2.05, 4.69) is 0 Å².